The molecule has 3 rings (SSSR count). The fourth-order valence-corrected chi connectivity index (χ4v) is 2.85. The summed E-state index contributed by atoms with van der Waals surface area (Å²) in [4.78, 5) is 1.00. The van der Waals surface area contributed by atoms with E-state index < -0.39 is 0 Å². The van der Waals surface area contributed by atoms with Crippen LogP contribution < -0.4 is 5.32 Å². The number of furan rings is 1. The zero-order chi connectivity index (χ0) is 13.4. The predicted molar refractivity (Wildman–Crippen MR) is 71.7 cm³/mol. The summed E-state index contributed by atoms with van der Waals surface area (Å²) >= 11 is 1.33. The first-order chi connectivity index (χ1) is 9.19. The van der Waals surface area contributed by atoms with E-state index in [2.05, 4.69) is 14.9 Å². The molecule has 6 heteroatoms. The zero-order valence-electron chi connectivity index (χ0n) is 10.5. The number of nitrogens with zero attached hydrogens (tertiary/aromatic N) is 2. The van der Waals surface area contributed by atoms with Gasteiger partial charge in [0.15, 0.2) is 0 Å². The molecule has 0 fully saturated rings. The van der Waals surface area contributed by atoms with Crippen LogP contribution in [0.1, 0.15) is 22.4 Å². The summed E-state index contributed by atoms with van der Waals surface area (Å²) in [5.41, 5.74) is 1.54. The topological polar surface area (TPSA) is 51.0 Å². The number of aromatic nitrogens is 2. The normalized spacial score (nSPS) is 13.0. The SMILES string of the molecule is CNC(c1cc2cc(F)ccc2o1)c1snnc1C. The molecule has 1 N–H and O–H groups in total. The van der Waals surface area contributed by atoms with Gasteiger partial charge in [-0.05, 0) is 49.8 Å². The smallest absolute Gasteiger partial charge is 0.134 e. The molecule has 2 aromatic heterocycles. The van der Waals surface area contributed by atoms with Crippen LogP contribution in [0.2, 0.25) is 0 Å². The Morgan fingerprint density at radius 1 is 1.37 bits per heavy atom. The van der Waals surface area contributed by atoms with Crippen LogP contribution in [0.3, 0.4) is 0 Å². The average molecular weight is 277 g/mol. The highest BCUT2D eigenvalue weighted by Gasteiger charge is 2.21. The number of benzene rings is 1. The fraction of sp³-hybridized carbons (Fsp3) is 0.231. The van der Waals surface area contributed by atoms with Gasteiger partial charge in [0.2, 0.25) is 0 Å². The molecule has 4 nitrogen and oxygen atoms in total. The van der Waals surface area contributed by atoms with Crippen molar-refractivity contribution in [3.05, 3.63) is 46.4 Å². The Balaban J connectivity index is 2.09. The van der Waals surface area contributed by atoms with Crippen molar-refractivity contribution in [2.45, 2.75) is 13.0 Å². The van der Waals surface area contributed by atoms with Gasteiger partial charge in [-0.1, -0.05) is 4.49 Å². The molecule has 0 saturated carbocycles. The van der Waals surface area contributed by atoms with E-state index in [1.54, 1.807) is 6.07 Å². The number of rotatable bonds is 3. The number of hydrogen-bond donors (Lipinski definition) is 1. The van der Waals surface area contributed by atoms with Gasteiger partial charge in [-0.15, -0.1) is 5.10 Å². The highest BCUT2D eigenvalue weighted by molar-refractivity contribution is 7.05. The van der Waals surface area contributed by atoms with Gasteiger partial charge >= 0.3 is 0 Å². The summed E-state index contributed by atoms with van der Waals surface area (Å²) in [5.74, 6) is 0.466. The second kappa shape index (κ2) is 4.71. The van der Waals surface area contributed by atoms with E-state index in [4.69, 9.17) is 4.42 Å². The maximum atomic E-state index is 13.2. The van der Waals surface area contributed by atoms with E-state index in [-0.39, 0.29) is 11.9 Å². The Kier molecular flexibility index (Phi) is 3.04. The third kappa shape index (κ3) is 2.13. The summed E-state index contributed by atoms with van der Waals surface area (Å²) in [6.45, 7) is 1.91. The average Bonchev–Trinajstić information content (AvgIpc) is 2.97. The molecular formula is C13H12FN3OS. The molecule has 0 saturated heterocycles. The van der Waals surface area contributed by atoms with Crippen molar-refractivity contribution in [3.63, 3.8) is 0 Å². The Labute approximate surface area is 113 Å². The van der Waals surface area contributed by atoms with Crippen molar-refractivity contribution in [2.75, 3.05) is 7.05 Å². The monoisotopic (exact) mass is 277 g/mol. The van der Waals surface area contributed by atoms with Crippen LogP contribution in [0.25, 0.3) is 11.0 Å². The van der Waals surface area contributed by atoms with Gasteiger partial charge in [-0.3, -0.25) is 0 Å². The van der Waals surface area contributed by atoms with Crippen molar-refractivity contribution >= 4 is 22.5 Å². The third-order valence-corrected chi connectivity index (χ3v) is 3.91. The first-order valence-corrected chi connectivity index (χ1v) is 6.61. The highest BCUT2D eigenvalue weighted by Crippen LogP contribution is 2.31. The maximum Gasteiger partial charge on any atom is 0.134 e. The van der Waals surface area contributed by atoms with Gasteiger partial charge in [-0.25, -0.2) is 4.39 Å². The lowest BCUT2D eigenvalue weighted by molar-refractivity contribution is 0.493. The molecule has 0 radical (unpaired) electrons. The molecular weight excluding hydrogens is 265 g/mol. The number of halogens is 1. The van der Waals surface area contributed by atoms with Crippen LogP contribution in [0.5, 0.6) is 0 Å². The quantitative estimate of drug-likeness (QED) is 0.799. The number of hydrogen-bond acceptors (Lipinski definition) is 5. The molecule has 0 aliphatic carbocycles. The molecule has 1 aromatic carbocycles. The lowest BCUT2D eigenvalue weighted by Gasteiger charge is -2.10. The standard InChI is InChI=1S/C13H12FN3OS/c1-7-13(19-17-16-7)12(15-2)11-6-8-5-9(14)3-4-10(8)18-11/h3-6,12,15H,1-2H3. The van der Waals surface area contributed by atoms with Gasteiger partial charge in [-0.2, -0.15) is 0 Å². The van der Waals surface area contributed by atoms with Gasteiger partial charge in [0, 0.05) is 5.39 Å². The molecule has 19 heavy (non-hydrogen) atoms. The van der Waals surface area contributed by atoms with E-state index in [0.717, 1.165) is 21.7 Å². The minimum atomic E-state index is -0.267. The number of aryl methyl sites for hydroxylation is 1. The minimum Gasteiger partial charge on any atom is -0.459 e. The Bertz CT molecular complexity index is 722. The van der Waals surface area contributed by atoms with E-state index in [0.29, 0.717) is 5.58 Å². The van der Waals surface area contributed by atoms with Crippen LogP contribution >= 0.6 is 11.5 Å². The molecule has 2 heterocycles. The van der Waals surface area contributed by atoms with Crippen molar-refractivity contribution in [1.82, 2.24) is 14.9 Å². The maximum absolute atomic E-state index is 13.2. The summed E-state index contributed by atoms with van der Waals surface area (Å²) in [6, 6.07) is 6.23. The van der Waals surface area contributed by atoms with Crippen LogP contribution in [0, 0.1) is 12.7 Å². The minimum absolute atomic E-state index is 0.115. The van der Waals surface area contributed by atoms with Crippen LogP contribution in [0.4, 0.5) is 4.39 Å². The third-order valence-electron chi connectivity index (χ3n) is 3.02. The van der Waals surface area contributed by atoms with Crippen molar-refractivity contribution in [2.24, 2.45) is 0 Å². The van der Waals surface area contributed by atoms with E-state index in [9.17, 15) is 4.39 Å². The molecule has 3 aromatic rings. The van der Waals surface area contributed by atoms with Crippen molar-refractivity contribution in [1.29, 1.82) is 0 Å². The Morgan fingerprint density at radius 3 is 2.89 bits per heavy atom. The van der Waals surface area contributed by atoms with Gasteiger partial charge < -0.3 is 9.73 Å². The Hall–Kier alpha value is -1.79. The second-order valence-electron chi connectivity index (χ2n) is 4.28. The molecule has 98 valence electrons. The molecule has 0 aliphatic heterocycles. The Morgan fingerprint density at radius 2 is 2.21 bits per heavy atom. The summed E-state index contributed by atoms with van der Waals surface area (Å²) in [7, 11) is 1.84. The summed E-state index contributed by atoms with van der Waals surface area (Å²) in [5, 5.41) is 7.94. The first kappa shape index (κ1) is 12.3. The van der Waals surface area contributed by atoms with Crippen LogP contribution in [-0.2, 0) is 0 Å². The molecule has 0 aliphatic rings. The number of fused-ring (bicyclic) bond motifs is 1. The van der Waals surface area contributed by atoms with Gasteiger partial charge in [0.05, 0.1) is 10.6 Å². The lowest BCUT2D eigenvalue weighted by atomic mass is 10.1. The highest BCUT2D eigenvalue weighted by atomic mass is 32.1. The molecule has 0 amide bonds. The lowest BCUT2D eigenvalue weighted by Crippen LogP contribution is -2.16. The van der Waals surface area contributed by atoms with E-state index >= 15 is 0 Å². The summed E-state index contributed by atoms with van der Waals surface area (Å²) in [6.07, 6.45) is 0. The van der Waals surface area contributed by atoms with Crippen molar-refractivity contribution in [3.8, 4) is 0 Å². The number of nitrogens with one attached hydrogen (secondary N) is 1. The van der Waals surface area contributed by atoms with E-state index in [1.807, 2.05) is 20.0 Å². The van der Waals surface area contributed by atoms with Gasteiger partial charge in [0.1, 0.15) is 23.2 Å². The van der Waals surface area contributed by atoms with Gasteiger partial charge in [0.25, 0.3) is 0 Å². The van der Waals surface area contributed by atoms with E-state index in [1.165, 1.54) is 23.7 Å². The molecule has 1 unspecified atom stereocenters. The molecule has 0 spiro atoms. The van der Waals surface area contributed by atoms with Crippen LogP contribution in [0.15, 0.2) is 28.7 Å². The summed E-state index contributed by atoms with van der Waals surface area (Å²) < 4.78 is 22.9. The van der Waals surface area contributed by atoms with Crippen LogP contribution in [-0.4, -0.2) is 16.6 Å². The first-order valence-electron chi connectivity index (χ1n) is 5.84. The molecule has 1 atom stereocenters. The second-order valence-corrected chi connectivity index (χ2v) is 5.06. The predicted octanol–water partition coefficient (Wildman–Crippen LogP) is 3.04. The fourth-order valence-electron chi connectivity index (χ4n) is 2.08. The van der Waals surface area contributed by atoms with Crippen molar-refractivity contribution < 1.29 is 8.81 Å². The zero-order valence-corrected chi connectivity index (χ0v) is 11.3. The largest absolute Gasteiger partial charge is 0.459 e. The molecule has 0 bridgehead atoms.